The standard InChI is InChI=1S/C17H26N2O2/c1-12(2)13-5-7-14(8-6-13)17(21)19-11-16(20)15-4-3-9-18-10-15/h3-4,9-10,12-14,16,20H,5-8,11H2,1-2H3,(H,19,21)/t13?,14?,16-/m0/s1. The number of aliphatic hydroxyl groups is 1. The number of hydrogen-bond donors (Lipinski definition) is 2. The normalized spacial score (nSPS) is 23.8. The quantitative estimate of drug-likeness (QED) is 0.876. The predicted octanol–water partition coefficient (Wildman–Crippen LogP) is 2.69. The van der Waals surface area contributed by atoms with E-state index in [0.29, 0.717) is 5.92 Å². The van der Waals surface area contributed by atoms with Crippen molar-refractivity contribution in [1.29, 1.82) is 0 Å². The molecule has 1 aliphatic carbocycles. The van der Waals surface area contributed by atoms with Gasteiger partial charge in [0.1, 0.15) is 0 Å². The average molecular weight is 290 g/mol. The van der Waals surface area contributed by atoms with Crippen LogP contribution >= 0.6 is 0 Å². The van der Waals surface area contributed by atoms with Crippen molar-refractivity contribution in [3.63, 3.8) is 0 Å². The Morgan fingerprint density at radius 3 is 2.67 bits per heavy atom. The van der Waals surface area contributed by atoms with Gasteiger partial charge in [-0.3, -0.25) is 9.78 Å². The lowest BCUT2D eigenvalue weighted by Gasteiger charge is -2.30. The number of pyridine rings is 1. The van der Waals surface area contributed by atoms with Crippen LogP contribution in [0.2, 0.25) is 0 Å². The number of rotatable bonds is 5. The topological polar surface area (TPSA) is 62.2 Å². The number of nitrogens with zero attached hydrogens (tertiary/aromatic N) is 1. The van der Waals surface area contributed by atoms with Crippen molar-refractivity contribution in [3.05, 3.63) is 30.1 Å². The first-order valence-electron chi connectivity index (χ1n) is 7.93. The van der Waals surface area contributed by atoms with Crippen LogP contribution in [0.1, 0.15) is 51.2 Å². The van der Waals surface area contributed by atoms with E-state index in [-0.39, 0.29) is 18.4 Å². The van der Waals surface area contributed by atoms with E-state index in [1.54, 1.807) is 18.5 Å². The Morgan fingerprint density at radius 2 is 2.10 bits per heavy atom. The summed E-state index contributed by atoms with van der Waals surface area (Å²) in [5.41, 5.74) is 0.737. The molecule has 0 radical (unpaired) electrons. The molecule has 4 heteroatoms. The van der Waals surface area contributed by atoms with Crippen LogP contribution in [-0.2, 0) is 4.79 Å². The van der Waals surface area contributed by atoms with Crippen LogP contribution in [0.15, 0.2) is 24.5 Å². The molecule has 0 unspecified atom stereocenters. The van der Waals surface area contributed by atoms with Crippen molar-refractivity contribution in [1.82, 2.24) is 10.3 Å². The molecule has 21 heavy (non-hydrogen) atoms. The van der Waals surface area contributed by atoms with E-state index in [1.807, 2.05) is 6.07 Å². The lowest BCUT2D eigenvalue weighted by atomic mass is 9.76. The number of amides is 1. The van der Waals surface area contributed by atoms with Gasteiger partial charge in [-0.15, -0.1) is 0 Å². The lowest BCUT2D eigenvalue weighted by Crippen LogP contribution is -2.36. The minimum absolute atomic E-state index is 0.0835. The van der Waals surface area contributed by atoms with Gasteiger partial charge in [-0.1, -0.05) is 19.9 Å². The summed E-state index contributed by atoms with van der Waals surface area (Å²) in [5, 5.41) is 12.9. The second kappa shape index (κ2) is 7.55. The van der Waals surface area contributed by atoms with Crippen molar-refractivity contribution in [2.24, 2.45) is 17.8 Å². The molecule has 1 heterocycles. The van der Waals surface area contributed by atoms with E-state index in [0.717, 1.165) is 37.2 Å². The SMILES string of the molecule is CC(C)C1CCC(C(=O)NC[C@H](O)c2cccnc2)CC1. The first kappa shape index (κ1) is 16.0. The molecule has 2 rings (SSSR count). The van der Waals surface area contributed by atoms with Gasteiger partial charge in [0, 0.05) is 30.4 Å². The van der Waals surface area contributed by atoms with Gasteiger partial charge in [-0.25, -0.2) is 0 Å². The lowest BCUT2D eigenvalue weighted by molar-refractivity contribution is -0.126. The summed E-state index contributed by atoms with van der Waals surface area (Å²) in [6.07, 6.45) is 6.83. The Balaban J connectivity index is 1.75. The summed E-state index contributed by atoms with van der Waals surface area (Å²) < 4.78 is 0. The van der Waals surface area contributed by atoms with Gasteiger partial charge in [0.15, 0.2) is 0 Å². The fraction of sp³-hybridized carbons (Fsp3) is 0.647. The Bertz CT molecular complexity index is 439. The molecule has 1 aromatic rings. The molecular weight excluding hydrogens is 264 g/mol. The molecule has 1 saturated carbocycles. The number of hydrogen-bond acceptors (Lipinski definition) is 3. The highest BCUT2D eigenvalue weighted by atomic mass is 16.3. The molecule has 0 aromatic carbocycles. The molecule has 1 aliphatic rings. The third-order valence-electron chi connectivity index (χ3n) is 4.62. The zero-order valence-corrected chi connectivity index (χ0v) is 13.0. The molecule has 0 spiro atoms. The Hall–Kier alpha value is -1.42. The van der Waals surface area contributed by atoms with Gasteiger partial charge in [0.05, 0.1) is 6.10 Å². The largest absolute Gasteiger partial charge is 0.387 e. The minimum atomic E-state index is -0.686. The number of carbonyl (C=O) groups is 1. The van der Waals surface area contributed by atoms with Gasteiger partial charge >= 0.3 is 0 Å². The second-order valence-electron chi connectivity index (χ2n) is 6.40. The Labute approximate surface area is 127 Å². The molecule has 4 nitrogen and oxygen atoms in total. The van der Waals surface area contributed by atoms with Crippen LogP contribution in [0.4, 0.5) is 0 Å². The second-order valence-corrected chi connectivity index (χ2v) is 6.40. The summed E-state index contributed by atoms with van der Waals surface area (Å²) in [6.45, 7) is 4.78. The van der Waals surface area contributed by atoms with Gasteiger partial charge < -0.3 is 10.4 Å². The van der Waals surface area contributed by atoms with Gasteiger partial charge in [-0.05, 0) is 43.6 Å². The fourth-order valence-electron chi connectivity index (χ4n) is 3.08. The van der Waals surface area contributed by atoms with E-state index >= 15 is 0 Å². The Kier molecular flexibility index (Phi) is 5.74. The summed E-state index contributed by atoms with van der Waals surface area (Å²) in [5.74, 6) is 1.66. The van der Waals surface area contributed by atoms with E-state index in [9.17, 15) is 9.90 Å². The van der Waals surface area contributed by atoms with Crippen LogP contribution in [0.3, 0.4) is 0 Å². The zero-order valence-electron chi connectivity index (χ0n) is 13.0. The molecule has 1 fully saturated rings. The zero-order chi connectivity index (χ0) is 15.2. The molecule has 0 bridgehead atoms. The van der Waals surface area contributed by atoms with Crippen molar-refractivity contribution >= 4 is 5.91 Å². The third-order valence-corrected chi connectivity index (χ3v) is 4.62. The fourth-order valence-corrected chi connectivity index (χ4v) is 3.08. The van der Waals surface area contributed by atoms with Crippen LogP contribution in [0, 0.1) is 17.8 Å². The minimum Gasteiger partial charge on any atom is -0.387 e. The van der Waals surface area contributed by atoms with E-state index < -0.39 is 6.10 Å². The van der Waals surface area contributed by atoms with Crippen LogP contribution in [0.5, 0.6) is 0 Å². The van der Waals surface area contributed by atoms with Crippen molar-refractivity contribution in [2.75, 3.05) is 6.54 Å². The van der Waals surface area contributed by atoms with Crippen LogP contribution in [0.25, 0.3) is 0 Å². The summed E-state index contributed by atoms with van der Waals surface area (Å²) in [6, 6.07) is 3.60. The molecule has 116 valence electrons. The van der Waals surface area contributed by atoms with Crippen molar-refractivity contribution in [3.8, 4) is 0 Å². The van der Waals surface area contributed by atoms with Crippen molar-refractivity contribution < 1.29 is 9.90 Å². The number of carbonyl (C=O) groups excluding carboxylic acids is 1. The summed E-state index contributed by atoms with van der Waals surface area (Å²) >= 11 is 0. The van der Waals surface area contributed by atoms with Gasteiger partial charge in [0.25, 0.3) is 0 Å². The summed E-state index contributed by atoms with van der Waals surface area (Å²) in [4.78, 5) is 16.1. The summed E-state index contributed by atoms with van der Waals surface area (Å²) in [7, 11) is 0. The van der Waals surface area contributed by atoms with Crippen molar-refractivity contribution in [2.45, 2.75) is 45.6 Å². The first-order chi connectivity index (χ1) is 10.1. The maximum atomic E-state index is 12.2. The average Bonchev–Trinajstić information content (AvgIpc) is 2.53. The van der Waals surface area contributed by atoms with Gasteiger partial charge in [-0.2, -0.15) is 0 Å². The Morgan fingerprint density at radius 1 is 1.38 bits per heavy atom. The molecule has 1 atom stereocenters. The molecule has 0 saturated heterocycles. The predicted molar refractivity (Wildman–Crippen MR) is 82.5 cm³/mol. The molecule has 2 N–H and O–H groups in total. The van der Waals surface area contributed by atoms with E-state index in [2.05, 4.69) is 24.1 Å². The smallest absolute Gasteiger partial charge is 0.223 e. The molecule has 1 aromatic heterocycles. The van der Waals surface area contributed by atoms with Gasteiger partial charge in [0.2, 0.25) is 5.91 Å². The van der Waals surface area contributed by atoms with Crippen LogP contribution in [-0.4, -0.2) is 22.5 Å². The first-order valence-corrected chi connectivity index (χ1v) is 7.93. The molecule has 1 amide bonds. The molecule has 0 aliphatic heterocycles. The van der Waals surface area contributed by atoms with E-state index in [4.69, 9.17) is 0 Å². The monoisotopic (exact) mass is 290 g/mol. The van der Waals surface area contributed by atoms with E-state index in [1.165, 1.54) is 0 Å². The number of aromatic nitrogens is 1. The highest BCUT2D eigenvalue weighted by molar-refractivity contribution is 5.78. The third kappa shape index (κ3) is 4.53. The van der Waals surface area contributed by atoms with Crippen LogP contribution < -0.4 is 5.32 Å². The maximum absolute atomic E-state index is 12.2. The number of aliphatic hydroxyl groups excluding tert-OH is 1. The highest BCUT2D eigenvalue weighted by Crippen LogP contribution is 2.33. The highest BCUT2D eigenvalue weighted by Gasteiger charge is 2.27. The number of nitrogens with one attached hydrogen (secondary N) is 1. The maximum Gasteiger partial charge on any atom is 0.223 e. The molecular formula is C17H26N2O2.